The number of carbonyl (C=O) groups excluding carboxylic acids is 3. The first-order valence-corrected chi connectivity index (χ1v) is 13.3. The number of amides is 2. The zero-order valence-corrected chi connectivity index (χ0v) is 21.5. The molecule has 4 heteroatoms. The van der Waals surface area contributed by atoms with Crippen LogP contribution >= 0.6 is 0 Å². The van der Waals surface area contributed by atoms with Crippen LogP contribution in [0.3, 0.4) is 0 Å². The summed E-state index contributed by atoms with van der Waals surface area (Å²) in [5, 5.41) is 0. The van der Waals surface area contributed by atoms with Gasteiger partial charge in [0.25, 0.3) is 0 Å². The number of imide groups is 1. The van der Waals surface area contributed by atoms with Crippen molar-refractivity contribution in [2.75, 3.05) is 4.90 Å². The summed E-state index contributed by atoms with van der Waals surface area (Å²) in [5.41, 5.74) is 3.22. The molecule has 0 spiro atoms. The molecule has 0 aromatic heterocycles. The third-order valence-corrected chi connectivity index (χ3v) is 8.93. The largest absolute Gasteiger partial charge is 0.298 e. The van der Waals surface area contributed by atoms with Crippen LogP contribution in [0.25, 0.3) is 11.1 Å². The molecular weight excluding hydrogens is 458 g/mol. The number of rotatable bonds is 6. The second kappa shape index (κ2) is 8.37. The summed E-state index contributed by atoms with van der Waals surface area (Å²) >= 11 is 0. The number of Topliss-reactive ketones (excluding diaryl/α,β-unsaturated/α-hetero) is 1. The number of aryl methyl sites for hydroxylation is 1. The van der Waals surface area contributed by atoms with Gasteiger partial charge >= 0.3 is 0 Å². The lowest BCUT2D eigenvalue weighted by atomic mass is 9.61. The number of ketones is 1. The van der Waals surface area contributed by atoms with Gasteiger partial charge in [-0.25, -0.2) is 4.90 Å². The Bertz CT molecular complexity index is 1460. The number of hydrogen-bond donors (Lipinski definition) is 0. The van der Waals surface area contributed by atoms with Crippen LogP contribution in [0, 0.1) is 22.7 Å². The molecule has 2 bridgehead atoms. The summed E-state index contributed by atoms with van der Waals surface area (Å²) in [7, 11) is 0. The second-order valence-electron chi connectivity index (χ2n) is 10.7. The second-order valence-corrected chi connectivity index (χ2v) is 10.7. The van der Waals surface area contributed by atoms with E-state index in [1.165, 1.54) is 4.90 Å². The van der Waals surface area contributed by atoms with E-state index in [-0.39, 0.29) is 17.6 Å². The summed E-state index contributed by atoms with van der Waals surface area (Å²) in [6.07, 6.45) is 1.98. The van der Waals surface area contributed by atoms with E-state index in [0.29, 0.717) is 18.5 Å². The average Bonchev–Trinajstić information content (AvgIpc) is 3.39. The quantitative estimate of drug-likeness (QED) is 0.379. The molecule has 1 aliphatic heterocycles. The van der Waals surface area contributed by atoms with Gasteiger partial charge in [0.15, 0.2) is 5.78 Å². The van der Waals surface area contributed by atoms with Crippen molar-refractivity contribution in [3.63, 3.8) is 0 Å². The van der Waals surface area contributed by atoms with Crippen LogP contribution in [-0.2, 0) is 20.8 Å². The van der Waals surface area contributed by atoms with Gasteiger partial charge < -0.3 is 0 Å². The lowest BCUT2D eigenvalue weighted by Gasteiger charge is -2.37. The highest BCUT2D eigenvalue weighted by atomic mass is 16.2. The van der Waals surface area contributed by atoms with Gasteiger partial charge in [-0.2, -0.15) is 0 Å². The predicted molar refractivity (Wildman–Crippen MR) is 145 cm³/mol. The van der Waals surface area contributed by atoms with Crippen molar-refractivity contribution in [1.82, 2.24) is 0 Å². The van der Waals surface area contributed by atoms with Gasteiger partial charge in [-0.05, 0) is 53.7 Å². The van der Waals surface area contributed by atoms with Gasteiger partial charge in [0.1, 0.15) is 0 Å². The number of hydrogen-bond acceptors (Lipinski definition) is 3. The third-order valence-electron chi connectivity index (χ3n) is 8.93. The normalized spacial score (nSPS) is 28.4. The highest BCUT2D eigenvalue weighted by Crippen LogP contribution is 2.75. The summed E-state index contributed by atoms with van der Waals surface area (Å²) in [5.74, 6) is -1.87. The van der Waals surface area contributed by atoms with Crippen molar-refractivity contribution in [2.24, 2.45) is 22.7 Å². The van der Waals surface area contributed by atoms with E-state index in [2.05, 4.69) is 6.92 Å². The molecule has 3 aromatic rings. The molecule has 0 N–H and O–H groups in total. The maximum atomic E-state index is 14.7. The van der Waals surface area contributed by atoms with Crippen molar-refractivity contribution in [3.05, 3.63) is 102 Å². The fourth-order valence-electron chi connectivity index (χ4n) is 7.62. The van der Waals surface area contributed by atoms with Crippen LogP contribution in [0.15, 0.2) is 84.9 Å². The zero-order chi connectivity index (χ0) is 25.9. The number of para-hydroxylation sites is 1. The molecule has 37 heavy (non-hydrogen) atoms. The first-order chi connectivity index (χ1) is 17.9. The Morgan fingerprint density at radius 2 is 1.24 bits per heavy atom. The fraction of sp³-hybridized carbons (Fsp3) is 0.303. The van der Waals surface area contributed by atoms with Crippen LogP contribution in [-0.4, -0.2) is 17.6 Å². The van der Waals surface area contributed by atoms with Crippen molar-refractivity contribution in [3.8, 4) is 0 Å². The summed E-state index contributed by atoms with van der Waals surface area (Å²) in [6.45, 7) is 6.00. The lowest BCUT2D eigenvalue weighted by Crippen LogP contribution is -2.41. The van der Waals surface area contributed by atoms with Crippen LogP contribution in [0.4, 0.5) is 5.69 Å². The van der Waals surface area contributed by atoms with Crippen LogP contribution < -0.4 is 4.90 Å². The van der Waals surface area contributed by atoms with Crippen LogP contribution in [0.2, 0.25) is 0 Å². The van der Waals surface area contributed by atoms with E-state index in [1.807, 2.05) is 98.8 Å². The van der Waals surface area contributed by atoms with E-state index in [0.717, 1.165) is 34.3 Å². The Kier molecular flexibility index (Phi) is 5.34. The van der Waals surface area contributed by atoms with Gasteiger partial charge in [0.2, 0.25) is 11.8 Å². The molecule has 0 unspecified atom stereocenters. The Hall–Kier alpha value is -3.79. The summed E-state index contributed by atoms with van der Waals surface area (Å²) < 4.78 is 0. The number of carbonyl (C=O) groups is 3. The smallest absolute Gasteiger partial charge is 0.239 e. The Balaban J connectivity index is 1.66. The molecule has 4 atom stereocenters. The first-order valence-electron chi connectivity index (χ1n) is 13.3. The molecule has 6 rings (SSSR count). The minimum absolute atomic E-state index is 0.0275. The molecule has 186 valence electrons. The fourth-order valence-corrected chi connectivity index (χ4v) is 7.62. The number of nitrogens with zero attached hydrogens (tertiary/aromatic N) is 1. The molecule has 1 saturated carbocycles. The first kappa shape index (κ1) is 23.6. The Morgan fingerprint density at radius 1 is 0.703 bits per heavy atom. The highest BCUT2D eigenvalue weighted by Gasteiger charge is 2.80. The Labute approximate surface area is 218 Å². The molecule has 0 radical (unpaired) electrons. The Morgan fingerprint density at radius 3 is 1.84 bits per heavy atom. The van der Waals surface area contributed by atoms with Gasteiger partial charge in [0.05, 0.1) is 28.4 Å². The van der Waals surface area contributed by atoms with E-state index >= 15 is 0 Å². The lowest BCUT2D eigenvalue weighted by molar-refractivity contribution is -0.134. The average molecular weight is 490 g/mol. The monoisotopic (exact) mass is 489 g/mol. The molecule has 4 nitrogen and oxygen atoms in total. The maximum Gasteiger partial charge on any atom is 0.239 e. The third kappa shape index (κ3) is 2.87. The van der Waals surface area contributed by atoms with Crippen molar-refractivity contribution in [2.45, 2.75) is 40.0 Å². The zero-order valence-electron chi connectivity index (χ0n) is 21.5. The van der Waals surface area contributed by atoms with E-state index in [4.69, 9.17) is 0 Å². The number of fused-ring (bicyclic) bond motifs is 5. The summed E-state index contributed by atoms with van der Waals surface area (Å²) in [6, 6.07) is 27.6. The topological polar surface area (TPSA) is 54.5 Å². The molecular formula is C33H31NO3. The standard InChI is InChI=1S/C33H31NO3/c1-4-20-33-26(23-17-10-7-11-18-23)25(22-15-8-6-9-16-22)32(3,31(33)37)27-28(33)30(36)34(29(27)35)24-19-13-12-14-21(24)5-2/h6-19,27-28H,4-5,20H2,1-3H3/t27-,28-,32+,33-/m1/s1. The SMILES string of the molecule is CCC[C@@]12C(=O)[C@@](C)(C(c3ccccc3)=C1c1ccccc1)[C@H]1C(=O)N(c3ccccc3CC)C(=O)[C@@H]12. The predicted octanol–water partition coefficient (Wildman–Crippen LogP) is 6.35. The van der Waals surface area contributed by atoms with Crippen molar-refractivity contribution >= 4 is 34.4 Å². The van der Waals surface area contributed by atoms with Gasteiger partial charge in [0, 0.05) is 0 Å². The highest BCUT2D eigenvalue weighted by molar-refractivity contribution is 6.34. The maximum absolute atomic E-state index is 14.7. The molecule has 3 aromatic carbocycles. The molecule has 2 amide bonds. The van der Waals surface area contributed by atoms with E-state index in [1.54, 1.807) is 0 Å². The molecule has 1 saturated heterocycles. The molecule has 3 aliphatic rings. The van der Waals surface area contributed by atoms with Crippen molar-refractivity contribution in [1.29, 1.82) is 0 Å². The number of anilines is 1. The van der Waals surface area contributed by atoms with E-state index in [9.17, 15) is 14.4 Å². The summed E-state index contributed by atoms with van der Waals surface area (Å²) in [4.78, 5) is 44.8. The minimum Gasteiger partial charge on any atom is -0.298 e. The van der Waals surface area contributed by atoms with Gasteiger partial charge in [-0.15, -0.1) is 0 Å². The number of benzene rings is 3. The van der Waals surface area contributed by atoms with Crippen LogP contribution in [0.5, 0.6) is 0 Å². The minimum atomic E-state index is -1.09. The van der Waals surface area contributed by atoms with Crippen molar-refractivity contribution < 1.29 is 14.4 Å². The van der Waals surface area contributed by atoms with E-state index < -0.39 is 22.7 Å². The van der Waals surface area contributed by atoms with Crippen LogP contribution in [0.1, 0.15) is 50.3 Å². The molecule has 1 heterocycles. The van der Waals surface area contributed by atoms with Gasteiger partial charge in [-0.3, -0.25) is 14.4 Å². The van der Waals surface area contributed by atoms with Gasteiger partial charge in [-0.1, -0.05) is 99.1 Å². The molecule has 2 aliphatic carbocycles. The number of allylic oxidation sites excluding steroid dienone is 2. The molecule has 2 fully saturated rings.